The summed E-state index contributed by atoms with van der Waals surface area (Å²) >= 11 is 0. The van der Waals surface area contributed by atoms with Gasteiger partial charge < -0.3 is 15.4 Å². The van der Waals surface area contributed by atoms with Crippen LogP contribution in [-0.2, 0) is 14.3 Å². The van der Waals surface area contributed by atoms with Gasteiger partial charge in [0.25, 0.3) is 0 Å². The lowest BCUT2D eigenvalue weighted by Crippen LogP contribution is -2.54. The number of amides is 2. The van der Waals surface area contributed by atoms with Crippen molar-refractivity contribution in [3.05, 3.63) is 0 Å². The number of carbonyl (C=O) groups excluding carboxylic acids is 2. The molecule has 0 aromatic rings. The Bertz CT molecular complexity index is 308. The Hall–Kier alpha value is -1.14. The number of hydrogen-bond acceptors (Lipinski definition) is 4. The Kier molecular flexibility index (Phi) is 6.80. The first-order valence-corrected chi connectivity index (χ1v) is 6.87. The van der Waals surface area contributed by atoms with Crippen LogP contribution in [0.1, 0.15) is 26.7 Å². The van der Waals surface area contributed by atoms with Crippen LogP contribution in [0.2, 0.25) is 0 Å². The van der Waals surface area contributed by atoms with Crippen LogP contribution >= 0.6 is 0 Å². The van der Waals surface area contributed by atoms with Crippen molar-refractivity contribution < 1.29 is 14.3 Å². The van der Waals surface area contributed by atoms with Crippen molar-refractivity contribution >= 4 is 11.8 Å². The maximum absolute atomic E-state index is 11.7. The quantitative estimate of drug-likeness (QED) is 0.626. The zero-order valence-electron chi connectivity index (χ0n) is 12.1. The largest absolute Gasteiger partial charge is 0.379 e. The van der Waals surface area contributed by atoms with Crippen LogP contribution in [0.5, 0.6) is 0 Å². The predicted octanol–water partition coefficient (Wildman–Crippen LogP) is -0.262. The van der Waals surface area contributed by atoms with Crippen LogP contribution in [-0.4, -0.2) is 62.1 Å². The van der Waals surface area contributed by atoms with Gasteiger partial charge in [-0.25, -0.2) is 0 Å². The van der Waals surface area contributed by atoms with E-state index < -0.39 is 0 Å². The lowest BCUT2D eigenvalue weighted by Gasteiger charge is -2.31. The molecule has 0 unspecified atom stereocenters. The van der Waals surface area contributed by atoms with Crippen LogP contribution in [0.15, 0.2) is 0 Å². The molecule has 1 saturated heterocycles. The Morgan fingerprint density at radius 2 is 2.32 bits per heavy atom. The number of hydrogen-bond donors (Lipinski definition) is 2. The van der Waals surface area contributed by atoms with Crippen molar-refractivity contribution in [3.8, 4) is 0 Å². The fraction of sp³-hybridized carbons (Fsp3) is 0.846. The average Bonchev–Trinajstić information content (AvgIpc) is 2.33. The number of likely N-dealkylation sites (N-methyl/N-ethyl adjacent to an activating group) is 1. The highest BCUT2D eigenvalue weighted by Crippen LogP contribution is 2.05. The molecule has 6 nitrogen and oxygen atoms in total. The Morgan fingerprint density at radius 1 is 1.58 bits per heavy atom. The number of nitrogens with zero attached hydrogens (tertiary/aromatic N) is 1. The van der Waals surface area contributed by atoms with E-state index in [1.807, 2.05) is 25.8 Å². The number of piperazine rings is 1. The van der Waals surface area contributed by atoms with E-state index in [9.17, 15) is 9.59 Å². The van der Waals surface area contributed by atoms with E-state index in [1.165, 1.54) is 0 Å². The van der Waals surface area contributed by atoms with Crippen molar-refractivity contribution in [2.75, 3.05) is 33.3 Å². The minimum Gasteiger partial charge on any atom is -0.379 e. The summed E-state index contributed by atoms with van der Waals surface area (Å²) < 4.78 is 5.38. The smallest absolute Gasteiger partial charge is 0.237 e. The number of nitrogens with one attached hydrogen (secondary N) is 2. The molecular formula is C13H25N3O3. The molecule has 2 N–H and O–H groups in total. The van der Waals surface area contributed by atoms with Gasteiger partial charge in [0, 0.05) is 26.2 Å². The SMILES string of the molecule is CC(C)OCCCNC(=O)C[C@@H]1C(=O)NCCN1C. The third-order valence-electron chi connectivity index (χ3n) is 3.07. The monoisotopic (exact) mass is 271 g/mol. The van der Waals surface area contributed by atoms with Crippen LogP contribution in [0, 0.1) is 0 Å². The maximum Gasteiger partial charge on any atom is 0.237 e. The number of ether oxygens (including phenoxy) is 1. The van der Waals surface area contributed by atoms with Gasteiger partial charge in [-0.2, -0.15) is 0 Å². The number of carbonyl (C=O) groups is 2. The normalized spacial score (nSPS) is 20.4. The molecule has 1 atom stereocenters. The molecular weight excluding hydrogens is 246 g/mol. The van der Waals surface area contributed by atoms with E-state index in [2.05, 4.69) is 10.6 Å². The summed E-state index contributed by atoms with van der Waals surface area (Å²) in [5.41, 5.74) is 0. The summed E-state index contributed by atoms with van der Waals surface area (Å²) in [7, 11) is 1.87. The van der Waals surface area contributed by atoms with Gasteiger partial charge in [0.15, 0.2) is 0 Å². The molecule has 1 aliphatic heterocycles. The van der Waals surface area contributed by atoms with Gasteiger partial charge in [-0.05, 0) is 27.3 Å². The van der Waals surface area contributed by atoms with Crippen molar-refractivity contribution in [1.82, 2.24) is 15.5 Å². The van der Waals surface area contributed by atoms with E-state index in [0.29, 0.717) is 19.7 Å². The highest BCUT2D eigenvalue weighted by molar-refractivity contribution is 5.88. The highest BCUT2D eigenvalue weighted by atomic mass is 16.5. The van der Waals surface area contributed by atoms with Crippen molar-refractivity contribution in [3.63, 3.8) is 0 Å². The molecule has 0 saturated carbocycles. The molecule has 2 amide bonds. The van der Waals surface area contributed by atoms with Crippen molar-refractivity contribution in [1.29, 1.82) is 0 Å². The third-order valence-corrected chi connectivity index (χ3v) is 3.07. The van der Waals surface area contributed by atoms with Crippen LogP contribution in [0.3, 0.4) is 0 Å². The van der Waals surface area contributed by atoms with Gasteiger partial charge in [-0.1, -0.05) is 0 Å². The molecule has 1 heterocycles. The Balaban J connectivity index is 2.17. The van der Waals surface area contributed by atoms with E-state index in [1.54, 1.807) is 0 Å². The summed E-state index contributed by atoms with van der Waals surface area (Å²) in [5.74, 6) is -0.148. The lowest BCUT2D eigenvalue weighted by molar-refractivity contribution is -0.133. The molecule has 1 fully saturated rings. The van der Waals surface area contributed by atoms with Gasteiger partial charge in [-0.15, -0.1) is 0 Å². The molecule has 19 heavy (non-hydrogen) atoms. The molecule has 0 bridgehead atoms. The van der Waals surface area contributed by atoms with Crippen LogP contribution in [0.4, 0.5) is 0 Å². The second-order valence-electron chi connectivity index (χ2n) is 5.11. The minimum absolute atomic E-state index is 0.0629. The molecule has 110 valence electrons. The fourth-order valence-corrected chi connectivity index (χ4v) is 1.94. The third kappa shape index (κ3) is 6.02. The van der Waals surface area contributed by atoms with Gasteiger partial charge in [0.05, 0.1) is 18.6 Å². The molecule has 1 aliphatic rings. The minimum atomic E-state index is -0.347. The second kappa shape index (κ2) is 8.12. The van der Waals surface area contributed by atoms with E-state index >= 15 is 0 Å². The molecule has 0 radical (unpaired) electrons. The highest BCUT2D eigenvalue weighted by Gasteiger charge is 2.28. The first kappa shape index (κ1) is 15.9. The summed E-state index contributed by atoms with van der Waals surface area (Å²) in [5, 5.41) is 5.60. The zero-order chi connectivity index (χ0) is 14.3. The van der Waals surface area contributed by atoms with Crippen LogP contribution in [0.25, 0.3) is 0 Å². The summed E-state index contributed by atoms with van der Waals surface area (Å²) in [4.78, 5) is 25.3. The van der Waals surface area contributed by atoms with E-state index in [4.69, 9.17) is 4.74 Å². The molecule has 0 aromatic carbocycles. The molecule has 0 aliphatic carbocycles. The van der Waals surface area contributed by atoms with Crippen molar-refractivity contribution in [2.45, 2.75) is 38.8 Å². The first-order valence-electron chi connectivity index (χ1n) is 6.87. The molecule has 6 heteroatoms. The second-order valence-corrected chi connectivity index (χ2v) is 5.11. The van der Waals surface area contributed by atoms with Gasteiger partial charge in [0.2, 0.25) is 11.8 Å². The standard InChI is InChI=1S/C13H25N3O3/c1-10(2)19-8-4-5-14-12(17)9-11-13(18)15-6-7-16(11)3/h10-11H,4-9H2,1-3H3,(H,14,17)(H,15,18)/t11-/m1/s1. The predicted molar refractivity (Wildman–Crippen MR) is 72.8 cm³/mol. The lowest BCUT2D eigenvalue weighted by atomic mass is 10.1. The first-order chi connectivity index (χ1) is 9.00. The molecule has 1 rings (SSSR count). The van der Waals surface area contributed by atoms with Gasteiger partial charge in [0.1, 0.15) is 0 Å². The van der Waals surface area contributed by atoms with Gasteiger partial charge in [-0.3, -0.25) is 14.5 Å². The zero-order valence-corrected chi connectivity index (χ0v) is 12.1. The summed E-state index contributed by atoms with van der Waals surface area (Å²) in [6.45, 7) is 6.63. The summed E-state index contributed by atoms with van der Waals surface area (Å²) in [6, 6.07) is -0.347. The van der Waals surface area contributed by atoms with Crippen LogP contribution < -0.4 is 10.6 Å². The number of rotatable bonds is 7. The summed E-state index contributed by atoms with van der Waals surface area (Å²) in [6.07, 6.45) is 1.22. The molecule has 0 spiro atoms. The van der Waals surface area contributed by atoms with Gasteiger partial charge >= 0.3 is 0 Å². The van der Waals surface area contributed by atoms with Crippen molar-refractivity contribution in [2.24, 2.45) is 0 Å². The maximum atomic E-state index is 11.7. The Morgan fingerprint density at radius 3 is 2.95 bits per heavy atom. The Labute approximate surface area is 114 Å². The average molecular weight is 271 g/mol. The van der Waals surface area contributed by atoms with E-state index in [0.717, 1.165) is 13.0 Å². The topological polar surface area (TPSA) is 70.7 Å². The molecule has 0 aromatic heterocycles. The van der Waals surface area contributed by atoms with E-state index in [-0.39, 0.29) is 30.4 Å². The fourth-order valence-electron chi connectivity index (χ4n) is 1.94.